The van der Waals surface area contributed by atoms with Gasteiger partial charge in [0.2, 0.25) is 5.82 Å². The molecule has 1 heterocycles. The number of aromatic nitrogens is 2. The van der Waals surface area contributed by atoms with Crippen LogP contribution in [-0.4, -0.2) is 28.4 Å². The molecule has 2 rings (SSSR count). The molecule has 0 saturated heterocycles. The van der Waals surface area contributed by atoms with E-state index in [0.29, 0.717) is 22.3 Å². The summed E-state index contributed by atoms with van der Waals surface area (Å²) >= 11 is 5.82. The highest BCUT2D eigenvalue weighted by Crippen LogP contribution is 2.20. The highest BCUT2D eigenvalue weighted by atomic mass is 35.5. The summed E-state index contributed by atoms with van der Waals surface area (Å²) in [6, 6.07) is 4.68. The molecule has 0 aliphatic heterocycles. The summed E-state index contributed by atoms with van der Waals surface area (Å²) in [4.78, 5) is 7.98. The second-order valence-electron chi connectivity index (χ2n) is 3.49. The van der Waals surface area contributed by atoms with E-state index in [-0.39, 0.29) is 5.75 Å². The Morgan fingerprint density at radius 1 is 1.37 bits per heavy atom. The summed E-state index contributed by atoms with van der Waals surface area (Å²) in [5.41, 5.74) is 3.16. The number of rotatable bonds is 4. The van der Waals surface area contributed by atoms with Crippen LogP contribution in [0.1, 0.15) is 5.56 Å². The molecule has 1 aromatic heterocycles. The van der Waals surface area contributed by atoms with Gasteiger partial charge >= 0.3 is 0 Å². The first-order valence-electron chi connectivity index (χ1n) is 5.33. The minimum atomic E-state index is 0.0843. The predicted octanol–water partition coefficient (Wildman–Crippen LogP) is 2.29. The monoisotopic (exact) mass is 278 g/mol. The lowest BCUT2D eigenvalue weighted by Gasteiger charge is -2.04. The van der Waals surface area contributed by atoms with Crippen molar-refractivity contribution in [3.05, 3.63) is 41.2 Å². The molecule has 0 bridgehead atoms. The van der Waals surface area contributed by atoms with E-state index in [4.69, 9.17) is 16.3 Å². The number of hydrogen-bond donors (Lipinski definition) is 2. The highest BCUT2D eigenvalue weighted by Gasteiger charge is 2.03. The summed E-state index contributed by atoms with van der Waals surface area (Å²) < 4.78 is 5.01. The Morgan fingerprint density at radius 3 is 2.95 bits per heavy atom. The van der Waals surface area contributed by atoms with Crippen LogP contribution in [0.15, 0.2) is 35.7 Å². The van der Waals surface area contributed by atoms with Crippen molar-refractivity contribution >= 4 is 23.6 Å². The van der Waals surface area contributed by atoms with E-state index in [2.05, 4.69) is 20.5 Å². The largest absolute Gasteiger partial charge is 0.507 e. The zero-order valence-corrected chi connectivity index (χ0v) is 10.8. The maximum atomic E-state index is 9.60. The van der Waals surface area contributed by atoms with Gasteiger partial charge in [-0.3, -0.25) is 5.43 Å². The average molecular weight is 279 g/mol. The lowest BCUT2D eigenvalue weighted by Crippen LogP contribution is -1.98. The minimum Gasteiger partial charge on any atom is -0.507 e. The summed E-state index contributed by atoms with van der Waals surface area (Å²) in [5.74, 6) is 0.791. The van der Waals surface area contributed by atoms with Crippen molar-refractivity contribution in [3.63, 3.8) is 0 Å². The van der Waals surface area contributed by atoms with Gasteiger partial charge in [-0.2, -0.15) is 5.10 Å². The third kappa shape index (κ3) is 3.32. The number of phenols is 1. The Kier molecular flexibility index (Phi) is 4.15. The van der Waals surface area contributed by atoms with Gasteiger partial charge in [0, 0.05) is 23.0 Å². The van der Waals surface area contributed by atoms with Crippen molar-refractivity contribution in [1.29, 1.82) is 0 Å². The molecule has 0 radical (unpaired) electrons. The molecular weight excluding hydrogens is 268 g/mol. The van der Waals surface area contributed by atoms with Gasteiger partial charge in [0.05, 0.1) is 13.3 Å². The third-order valence-corrected chi connectivity index (χ3v) is 2.46. The number of aromatic hydroxyl groups is 1. The molecule has 1 aromatic carbocycles. The van der Waals surface area contributed by atoms with Crippen molar-refractivity contribution in [1.82, 2.24) is 9.97 Å². The second-order valence-corrected chi connectivity index (χ2v) is 3.92. The number of halogens is 1. The van der Waals surface area contributed by atoms with Gasteiger partial charge in [-0.05, 0) is 18.2 Å². The molecule has 0 saturated carbocycles. The normalized spacial score (nSPS) is 10.6. The molecule has 98 valence electrons. The van der Waals surface area contributed by atoms with E-state index in [9.17, 15) is 5.11 Å². The molecule has 0 unspecified atom stereocenters. The van der Waals surface area contributed by atoms with Crippen LogP contribution < -0.4 is 10.2 Å². The van der Waals surface area contributed by atoms with Gasteiger partial charge in [-0.1, -0.05) is 11.6 Å². The minimum absolute atomic E-state index is 0.0843. The molecule has 0 fully saturated rings. The van der Waals surface area contributed by atoms with Crippen LogP contribution in [0.2, 0.25) is 5.02 Å². The van der Waals surface area contributed by atoms with Gasteiger partial charge < -0.3 is 9.84 Å². The van der Waals surface area contributed by atoms with E-state index in [1.807, 2.05) is 0 Å². The lowest BCUT2D eigenvalue weighted by molar-refractivity contribution is 0.398. The third-order valence-electron chi connectivity index (χ3n) is 2.22. The number of anilines is 1. The Hall–Kier alpha value is -2.34. The highest BCUT2D eigenvalue weighted by molar-refractivity contribution is 6.30. The van der Waals surface area contributed by atoms with Gasteiger partial charge in [0.25, 0.3) is 5.88 Å². The summed E-state index contributed by atoms with van der Waals surface area (Å²) in [6.45, 7) is 0. The maximum absolute atomic E-state index is 9.60. The van der Waals surface area contributed by atoms with Crippen molar-refractivity contribution in [2.24, 2.45) is 5.10 Å². The van der Waals surface area contributed by atoms with E-state index < -0.39 is 0 Å². The van der Waals surface area contributed by atoms with Crippen LogP contribution >= 0.6 is 11.6 Å². The van der Waals surface area contributed by atoms with Gasteiger partial charge in [0.1, 0.15) is 5.75 Å². The molecule has 0 aliphatic rings. The number of phenolic OH excluding ortho intramolecular Hbond substituents is 1. The van der Waals surface area contributed by atoms with Crippen molar-refractivity contribution in [2.45, 2.75) is 0 Å². The van der Waals surface area contributed by atoms with Crippen LogP contribution in [0.5, 0.6) is 11.6 Å². The molecule has 7 heteroatoms. The molecule has 2 aromatic rings. The van der Waals surface area contributed by atoms with Gasteiger partial charge in [0.15, 0.2) is 0 Å². The zero-order valence-electron chi connectivity index (χ0n) is 10.0. The molecule has 0 amide bonds. The molecule has 0 atom stereocenters. The smallest absolute Gasteiger partial charge is 0.258 e. The Morgan fingerprint density at radius 2 is 2.16 bits per heavy atom. The topological polar surface area (TPSA) is 79.6 Å². The lowest BCUT2D eigenvalue weighted by atomic mass is 10.2. The van der Waals surface area contributed by atoms with Crippen LogP contribution in [0.3, 0.4) is 0 Å². The summed E-state index contributed by atoms with van der Waals surface area (Å²) in [5, 5.41) is 14.1. The van der Waals surface area contributed by atoms with Crippen LogP contribution in [-0.2, 0) is 0 Å². The number of nitrogens with zero attached hydrogens (tertiary/aromatic N) is 3. The van der Waals surface area contributed by atoms with E-state index in [0.717, 1.165) is 0 Å². The van der Waals surface area contributed by atoms with Crippen LogP contribution in [0, 0.1) is 0 Å². The van der Waals surface area contributed by atoms with Crippen LogP contribution in [0.4, 0.5) is 5.82 Å². The number of methoxy groups -OCH3 is 1. The molecular formula is C12H11ClN4O2. The Balaban J connectivity index is 2.13. The zero-order chi connectivity index (χ0) is 13.7. The quantitative estimate of drug-likeness (QED) is 0.662. The Bertz CT molecular complexity index is 604. The van der Waals surface area contributed by atoms with Crippen LogP contribution in [0.25, 0.3) is 0 Å². The molecule has 6 nitrogen and oxygen atoms in total. The molecule has 0 spiro atoms. The van der Waals surface area contributed by atoms with Gasteiger partial charge in [-0.25, -0.2) is 9.97 Å². The summed E-state index contributed by atoms with van der Waals surface area (Å²) in [6.07, 6.45) is 4.45. The van der Waals surface area contributed by atoms with Gasteiger partial charge in [-0.15, -0.1) is 0 Å². The van der Waals surface area contributed by atoms with Crippen molar-refractivity contribution in [2.75, 3.05) is 12.5 Å². The fourth-order valence-electron chi connectivity index (χ4n) is 1.34. The Labute approximate surface area is 114 Å². The van der Waals surface area contributed by atoms with E-state index >= 15 is 0 Å². The molecule has 2 N–H and O–H groups in total. The fraction of sp³-hybridized carbons (Fsp3) is 0.0833. The SMILES string of the molecule is COc1nccnc1N/N=C/c1cc(Cl)ccc1O. The van der Waals surface area contributed by atoms with Crippen molar-refractivity contribution in [3.8, 4) is 11.6 Å². The second kappa shape index (κ2) is 6.01. The maximum Gasteiger partial charge on any atom is 0.258 e. The van der Waals surface area contributed by atoms with Crippen molar-refractivity contribution < 1.29 is 9.84 Å². The number of hydrogen-bond acceptors (Lipinski definition) is 6. The number of ether oxygens (including phenoxy) is 1. The standard InChI is InChI=1S/C12H11ClN4O2/c1-19-12-11(14-4-5-15-12)17-16-7-8-6-9(13)2-3-10(8)18/h2-7,18H,1H3,(H,14,17)/b16-7+. The van der Waals surface area contributed by atoms with E-state index in [1.54, 1.807) is 12.1 Å². The number of nitrogens with one attached hydrogen (secondary N) is 1. The average Bonchev–Trinajstić information content (AvgIpc) is 2.43. The van der Waals surface area contributed by atoms with E-state index in [1.165, 1.54) is 31.8 Å². The first-order valence-corrected chi connectivity index (χ1v) is 5.71. The predicted molar refractivity (Wildman–Crippen MR) is 72.9 cm³/mol. The fourth-order valence-corrected chi connectivity index (χ4v) is 1.52. The first-order chi connectivity index (χ1) is 9.20. The molecule has 0 aliphatic carbocycles. The molecule has 19 heavy (non-hydrogen) atoms. The number of benzene rings is 1. The summed E-state index contributed by atoms with van der Waals surface area (Å²) in [7, 11) is 1.49. The first kappa shape index (κ1) is 13.1. The number of hydrazone groups is 1.